The van der Waals surface area contributed by atoms with Crippen LogP contribution in [0.15, 0.2) is 23.1 Å². The summed E-state index contributed by atoms with van der Waals surface area (Å²) < 4.78 is 27.6. The number of aryl methyl sites for hydroxylation is 2. The molecule has 3 rings (SSSR count). The van der Waals surface area contributed by atoms with E-state index in [1.165, 1.54) is 11.3 Å². The van der Waals surface area contributed by atoms with E-state index in [9.17, 15) is 13.2 Å². The summed E-state index contributed by atoms with van der Waals surface area (Å²) in [5, 5.41) is 0. The Hall–Kier alpha value is -1.44. The first-order chi connectivity index (χ1) is 12.8. The lowest BCUT2D eigenvalue weighted by Gasteiger charge is -2.34. The number of benzene rings is 1. The molecule has 1 N–H and O–H groups in total. The molecule has 0 spiro atoms. The molecule has 2 fully saturated rings. The second kappa shape index (κ2) is 8.29. The quantitative estimate of drug-likeness (QED) is 0.807. The highest BCUT2D eigenvalue weighted by Gasteiger charge is 2.33. The van der Waals surface area contributed by atoms with E-state index in [0.29, 0.717) is 43.5 Å². The summed E-state index contributed by atoms with van der Waals surface area (Å²) in [6.45, 7) is 10.4. The first kappa shape index (κ1) is 20.3. The van der Waals surface area contributed by atoms with Gasteiger partial charge in [0.25, 0.3) is 5.91 Å². The van der Waals surface area contributed by atoms with Crippen LogP contribution < -0.4 is 4.90 Å². The molecule has 1 atom stereocenters. The number of amides is 1. The molecule has 0 aromatic heterocycles. The van der Waals surface area contributed by atoms with Crippen LogP contribution in [0.3, 0.4) is 0 Å². The van der Waals surface area contributed by atoms with Crippen molar-refractivity contribution in [1.29, 1.82) is 0 Å². The van der Waals surface area contributed by atoms with Crippen molar-refractivity contribution < 1.29 is 18.1 Å². The van der Waals surface area contributed by atoms with Crippen LogP contribution in [-0.2, 0) is 14.8 Å². The van der Waals surface area contributed by atoms with E-state index in [2.05, 4.69) is 6.92 Å². The third kappa shape index (κ3) is 4.70. The highest BCUT2D eigenvalue weighted by Crippen LogP contribution is 2.21. The molecule has 2 aliphatic rings. The Morgan fingerprint density at radius 3 is 2.56 bits per heavy atom. The zero-order valence-electron chi connectivity index (χ0n) is 16.7. The third-order valence-electron chi connectivity index (χ3n) is 5.80. The minimum absolute atomic E-state index is 0.211. The molecule has 27 heavy (non-hydrogen) atoms. The van der Waals surface area contributed by atoms with E-state index in [0.717, 1.165) is 30.6 Å². The van der Waals surface area contributed by atoms with Crippen LogP contribution in [0.2, 0.25) is 0 Å². The SMILES string of the molecule is Cc1ccc(C)c(S(=O)(=O)N2CC[NH+](CC(=O)N3CCC[C@H](C)C3)CC2)c1. The Labute approximate surface area is 163 Å². The fourth-order valence-electron chi connectivity index (χ4n) is 4.09. The molecule has 2 aliphatic heterocycles. The molecule has 1 amide bonds. The number of nitrogens with zero attached hydrogens (tertiary/aromatic N) is 2. The summed E-state index contributed by atoms with van der Waals surface area (Å²) >= 11 is 0. The highest BCUT2D eigenvalue weighted by molar-refractivity contribution is 7.89. The number of rotatable bonds is 4. The van der Waals surface area contributed by atoms with Gasteiger partial charge in [-0.2, -0.15) is 4.31 Å². The molecular formula is C20H32N3O3S+. The zero-order valence-corrected chi connectivity index (χ0v) is 17.5. The van der Waals surface area contributed by atoms with E-state index in [1.807, 2.05) is 30.9 Å². The van der Waals surface area contributed by atoms with Crippen molar-refractivity contribution in [2.45, 2.75) is 38.5 Å². The molecule has 0 bridgehead atoms. The lowest BCUT2D eigenvalue weighted by Crippen LogP contribution is -3.15. The van der Waals surface area contributed by atoms with Crippen molar-refractivity contribution in [1.82, 2.24) is 9.21 Å². The van der Waals surface area contributed by atoms with Gasteiger partial charge in [-0.25, -0.2) is 8.42 Å². The number of carbonyl (C=O) groups is 1. The number of hydrogen-bond donors (Lipinski definition) is 1. The summed E-state index contributed by atoms with van der Waals surface area (Å²) in [4.78, 5) is 16.1. The summed E-state index contributed by atoms with van der Waals surface area (Å²) in [7, 11) is -3.47. The second-order valence-corrected chi connectivity index (χ2v) is 10.1. The van der Waals surface area contributed by atoms with Gasteiger partial charge in [0.2, 0.25) is 10.0 Å². The summed E-state index contributed by atoms with van der Waals surface area (Å²) in [6.07, 6.45) is 2.29. The van der Waals surface area contributed by atoms with Crippen LogP contribution in [0.25, 0.3) is 0 Å². The molecule has 1 aromatic carbocycles. The third-order valence-corrected chi connectivity index (χ3v) is 7.84. The van der Waals surface area contributed by atoms with Crippen LogP contribution in [0.5, 0.6) is 0 Å². The molecule has 7 heteroatoms. The van der Waals surface area contributed by atoms with Gasteiger partial charge in [0.1, 0.15) is 0 Å². The largest absolute Gasteiger partial charge is 0.338 e. The predicted molar refractivity (Wildman–Crippen MR) is 105 cm³/mol. The molecule has 0 radical (unpaired) electrons. The van der Waals surface area contributed by atoms with Crippen LogP contribution in [0.4, 0.5) is 0 Å². The average Bonchev–Trinajstić information content (AvgIpc) is 2.64. The maximum absolute atomic E-state index is 13.0. The van der Waals surface area contributed by atoms with Crippen molar-refractivity contribution in [3.8, 4) is 0 Å². The van der Waals surface area contributed by atoms with Crippen molar-refractivity contribution in [2.75, 3.05) is 45.8 Å². The van der Waals surface area contributed by atoms with Gasteiger partial charge in [0.05, 0.1) is 31.1 Å². The summed E-state index contributed by atoms with van der Waals surface area (Å²) in [6, 6.07) is 5.55. The molecule has 2 saturated heterocycles. The average molecular weight is 395 g/mol. The molecule has 6 nitrogen and oxygen atoms in total. The minimum Gasteiger partial charge on any atom is -0.338 e. The van der Waals surface area contributed by atoms with E-state index >= 15 is 0 Å². The Morgan fingerprint density at radius 2 is 1.89 bits per heavy atom. The van der Waals surface area contributed by atoms with Gasteiger partial charge in [0, 0.05) is 13.1 Å². The van der Waals surface area contributed by atoms with Crippen LogP contribution >= 0.6 is 0 Å². The molecule has 0 aliphatic carbocycles. The summed E-state index contributed by atoms with van der Waals surface area (Å²) in [5.74, 6) is 0.791. The minimum atomic E-state index is -3.47. The monoisotopic (exact) mass is 394 g/mol. The maximum atomic E-state index is 13.0. The van der Waals surface area contributed by atoms with E-state index in [1.54, 1.807) is 10.4 Å². The standard InChI is InChI=1S/C20H31N3O3S/c1-16-6-7-18(3)19(13-16)27(25,26)23-11-9-21(10-12-23)15-20(24)22-8-4-5-17(2)14-22/h6-7,13,17H,4-5,8-12,14-15H2,1-3H3/p+1/t17-/m0/s1. The molecule has 0 unspecified atom stereocenters. The number of sulfonamides is 1. The smallest absolute Gasteiger partial charge is 0.277 e. The first-order valence-electron chi connectivity index (χ1n) is 9.96. The molecular weight excluding hydrogens is 362 g/mol. The normalized spacial score (nSPS) is 22.8. The van der Waals surface area contributed by atoms with Crippen molar-refractivity contribution in [3.05, 3.63) is 29.3 Å². The lowest BCUT2D eigenvalue weighted by molar-refractivity contribution is -0.896. The Morgan fingerprint density at radius 1 is 1.19 bits per heavy atom. The zero-order chi connectivity index (χ0) is 19.6. The fraction of sp³-hybridized carbons (Fsp3) is 0.650. The van der Waals surface area contributed by atoms with Gasteiger partial charge >= 0.3 is 0 Å². The Bertz CT molecular complexity index is 786. The van der Waals surface area contributed by atoms with Crippen LogP contribution in [0, 0.1) is 19.8 Å². The predicted octanol–water partition coefficient (Wildman–Crippen LogP) is 0.451. The number of hydrogen-bond acceptors (Lipinski definition) is 3. The number of piperazine rings is 1. The summed E-state index contributed by atoms with van der Waals surface area (Å²) in [5.41, 5.74) is 1.73. The molecule has 0 saturated carbocycles. The molecule has 2 heterocycles. The van der Waals surface area contributed by atoms with Gasteiger partial charge in [-0.05, 0) is 49.8 Å². The second-order valence-electron chi connectivity index (χ2n) is 8.19. The first-order valence-corrected chi connectivity index (χ1v) is 11.4. The number of piperidine rings is 1. The Kier molecular flexibility index (Phi) is 6.23. The van der Waals surface area contributed by atoms with Crippen molar-refractivity contribution >= 4 is 15.9 Å². The maximum Gasteiger partial charge on any atom is 0.277 e. The van der Waals surface area contributed by atoms with E-state index in [-0.39, 0.29) is 5.91 Å². The number of carbonyl (C=O) groups excluding carboxylic acids is 1. The van der Waals surface area contributed by atoms with E-state index < -0.39 is 10.0 Å². The van der Waals surface area contributed by atoms with Crippen molar-refractivity contribution in [3.63, 3.8) is 0 Å². The molecule has 1 aromatic rings. The van der Waals surface area contributed by atoms with Gasteiger partial charge in [-0.1, -0.05) is 19.1 Å². The molecule has 150 valence electrons. The van der Waals surface area contributed by atoms with Crippen LogP contribution in [0.1, 0.15) is 30.9 Å². The van der Waals surface area contributed by atoms with Crippen molar-refractivity contribution in [2.24, 2.45) is 5.92 Å². The topological polar surface area (TPSA) is 62.1 Å². The van der Waals surface area contributed by atoms with E-state index in [4.69, 9.17) is 0 Å². The van der Waals surface area contributed by atoms with Gasteiger partial charge < -0.3 is 9.80 Å². The number of nitrogens with one attached hydrogen (secondary N) is 1. The van der Waals surface area contributed by atoms with Gasteiger partial charge in [0.15, 0.2) is 6.54 Å². The van der Waals surface area contributed by atoms with Crippen LogP contribution in [-0.4, -0.2) is 69.3 Å². The lowest BCUT2D eigenvalue weighted by atomic mass is 10.0. The number of likely N-dealkylation sites (tertiary alicyclic amines) is 1. The Balaban J connectivity index is 1.58. The van der Waals surface area contributed by atoms with Gasteiger partial charge in [-0.3, -0.25) is 4.79 Å². The number of quaternary nitrogens is 1. The van der Waals surface area contributed by atoms with Gasteiger partial charge in [-0.15, -0.1) is 0 Å². The fourth-order valence-corrected chi connectivity index (χ4v) is 5.84. The highest BCUT2D eigenvalue weighted by atomic mass is 32.2.